The molecule has 0 radical (unpaired) electrons. The van der Waals surface area contributed by atoms with Gasteiger partial charge in [0, 0.05) is 19.3 Å². The molecule has 5 rings (SSSR count). The van der Waals surface area contributed by atoms with E-state index in [2.05, 4.69) is 20.6 Å². The van der Waals surface area contributed by atoms with Gasteiger partial charge in [0.1, 0.15) is 0 Å². The third-order valence-corrected chi connectivity index (χ3v) is 7.21. The average molecular weight is 409 g/mol. The summed E-state index contributed by atoms with van der Waals surface area (Å²) in [5, 5.41) is 11.7. The second kappa shape index (κ2) is 7.80. The molecule has 6 nitrogen and oxygen atoms in total. The minimum atomic E-state index is -0.410. The van der Waals surface area contributed by atoms with Crippen molar-refractivity contribution in [3.63, 3.8) is 0 Å². The fourth-order valence-electron chi connectivity index (χ4n) is 4.81. The third kappa shape index (κ3) is 3.65. The standard InChI is InChI=1S/C22H24N4O2S/c27-20-10-16-12-25(22(28)13-29-21-7-3-4-8-23-21)11-15(16)9-19(20)26-14-24-17-5-1-2-6-18(17)26/h1-8,14-16,19-20,27H,9-13H2/t15-,16+,19-,20-/m1/s1. The average Bonchev–Trinajstić information content (AvgIpc) is 3.36. The predicted octanol–water partition coefficient (Wildman–Crippen LogP) is 2.99. The predicted molar refractivity (Wildman–Crippen MR) is 113 cm³/mol. The molecule has 3 heterocycles. The maximum absolute atomic E-state index is 12.7. The molecule has 7 heteroatoms. The number of amides is 1. The number of aliphatic hydroxyl groups excluding tert-OH is 1. The van der Waals surface area contributed by atoms with Gasteiger partial charge >= 0.3 is 0 Å². The first-order valence-corrected chi connectivity index (χ1v) is 11.1. The molecule has 2 aliphatic rings. The van der Waals surface area contributed by atoms with Crippen molar-refractivity contribution in [1.82, 2.24) is 19.4 Å². The highest BCUT2D eigenvalue weighted by molar-refractivity contribution is 7.99. The van der Waals surface area contributed by atoms with Crippen molar-refractivity contribution in [2.75, 3.05) is 18.8 Å². The van der Waals surface area contributed by atoms with E-state index in [1.165, 1.54) is 11.8 Å². The lowest BCUT2D eigenvalue weighted by Crippen LogP contribution is -2.36. The zero-order chi connectivity index (χ0) is 19.8. The topological polar surface area (TPSA) is 71.2 Å². The van der Waals surface area contributed by atoms with E-state index in [-0.39, 0.29) is 11.9 Å². The van der Waals surface area contributed by atoms with Crippen LogP contribution in [0.25, 0.3) is 11.0 Å². The van der Waals surface area contributed by atoms with Crippen LogP contribution in [0, 0.1) is 11.8 Å². The molecule has 1 N–H and O–H groups in total. The van der Waals surface area contributed by atoms with Gasteiger partial charge in [-0.25, -0.2) is 9.97 Å². The van der Waals surface area contributed by atoms with Crippen LogP contribution in [0.5, 0.6) is 0 Å². The van der Waals surface area contributed by atoms with Gasteiger partial charge in [0.05, 0.1) is 40.3 Å². The fraction of sp³-hybridized carbons (Fsp3) is 0.409. The van der Waals surface area contributed by atoms with Crippen LogP contribution in [-0.4, -0.2) is 55.4 Å². The fourth-order valence-corrected chi connectivity index (χ4v) is 5.58. The summed E-state index contributed by atoms with van der Waals surface area (Å²) < 4.78 is 2.12. The quantitative estimate of drug-likeness (QED) is 0.672. The van der Waals surface area contributed by atoms with Crippen molar-refractivity contribution in [2.45, 2.75) is 30.0 Å². The van der Waals surface area contributed by atoms with Crippen LogP contribution < -0.4 is 0 Å². The molecular formula is C22H24N4O2S. The minimum Gasteiger partial charge on any atom is -0.391 e. The molecule has 0 spiro atoms. The Bertz CT molecular complexity index is 1010. The van der Waals surface area contributed by atoms with E-state index in [4.69, 9.17) is 0 Å². The maximum atomic E-state index is 12.7. The molecule has 0 bridgehead atoms. The number of thioether (sulfide) groups is 1. The van der Waals surface area contributed by atoms with Crippen LogP contribution in [-0.2, 0) is 4.79 Å². The van der Waals surface area contributed by atoms with Gasteiger partial charge in [-0.2, -0.15) is 0 Å². The van der Waals surface area contributed by atoms with Crippen LogP contribution in [0.1, 0.15) is 18.9 Å². The summed E-state index contributed by atoms with van der Waals surface area (Å²) in [6, 6.07) is 13.8. The molecule has 1 aliphatic heterocycles. The second-order valence-corrected chi connectivity index (χ2v) is 9.02. The van der Waals surface area contributed by atoms with Crippen molar-refractivity contribution in [2.24, 2.45) is 11.8 Å². The zero-order valence-electron chi connectivity index (χ0n) is 16.1. The number of aromatic nitrogens is 3. The molecule has 1 saturated heterocycles. The van der Waals surface area contributed by atoms with Crippen molar-refractivity contribution >= 4 is 28.7 Å². The van der Waals surface area contributed by atoms with E-state index in [9.17, 15) is 9.90 Å². The monoisotopic (exact) mass is 408 g/mol. The number of rotatable bonds is 4. The highest BCUT2D eigenvalue weighted by Crippen LogP contribution is 2.42. The molecule has 2 fully saturated rings. The molecule has 0 unspecified atom stereocenters. The molecule has 1 aliphatic carbocycles. The SMILES string of the molecule is O=C(CSc1ccccn1)N1C[C@H]2C[C@@H](n3cnc4ccccc43)[C@H](O)C[C@H]2C1. The van der Waals surface area contributed by atoms with Crippen LogP contribution in [0.4, 0.5) is 0 Å². The Morgan fingerprint density at radius 3 is 2.69 bits per heavy atom. The first-order valence-electron chi connectivity index (χ1n) is 10.1. The van der Waals surface area contributed by atoms with E-state index < -0.39 is 6.10 Å². The summed E-state index contributed by atoms with van der Waals surface area (Å²) in [5.41, 5.74) is 2.02. The first kappa shape index (κ1) is 18.6. The number of para-hydroxylation sites is 2. The van der Waals surface area contributed by atoms with Gasteiger partial charge in [-0.15, -0.1) is 0 Å². The lowest BCUT2D eigenvalue weighted by Gasteiger charge is -2.36. The van der Waals surface area contributed by atoms with Crippen LogP contribution in [0.15, 0.2) is 60.0 Å². The lowest BCUT2D eigenvalue weighted by atomic mass is 9.77. The smallest absolute Gasteiger partial charge is 0.233 e. The van der Waals surface area contributed by atoms with Gasteiger partial charge in [0.2, 0.25) is 5.91 Å². The van der Waals surface area contributed by atoms with Gasteiger partial charge in [-0.05, 0) is 48.9 Å². The van der Waals surface area contributed by atoms with Crippen LogP contribution in [0.2, 0.25) is 0 Å². The Morgan fingerprint density at radius 2 is 1.86 bits per heavy atom. The Kier molecular flexibility index (Phi) is 5.01. The molecule has 150 valence electrons. The Morgan fingerprint density at radius 1 is 1.07 bits per heavy atom. The number of nitrogens with zero attached hydrogens (tertiary/aromatic N) is 4. The Hall–Kier alpha value is -2.38. The number of imidazole rings is 1. The molecular weight excluding hydrogens is 384 g/mol. The molecule has 1 amide bonds. The largest absolute Gasteiger partial charge is 0.391 e. The van der Waals surface area contributed by atoms with Crippen molar-refractivity contribution in [3.05, 3.63) is 55.0 Å². The Labute approximate surface area is 174 Å². The van der Waals surface area contributed by atoms with E-state index >= 15 is 0 Å². The third-order valence-electron chi connectivity index (χ3n) is 6.28. The second-order valence-electron chi connectivity index (χ2n) is 8.02. The highest BCUT2D eigenvalue weighted by Gasteiger charge is 2.43. The van der Waals surface area contributed by atoms with E-state index in [1.54, 1.807) is 6.20 Å². The number of carbonyl (C=O) groups excluding carboxylic acids is 1. The summed E-state index contributed by atoms with van der Waals surface area (Å²) in [7, 11) is 0. The highest BCUT2D eigenvalue weighted by atomic mass is 32.2. The lowest BCUT2D eigenvalue weighted by molar-refractivity contribution is -0.127. The van der Waals surface area contributed by atoms with Crippen molar-refractivity contribution in [3.8, 4) is 0 Å². The number of benzene rings is 1. The number of hydrogen-bond acceptors (Lipinski definition) is 5. The van der Waals surface area contributed by atoms with Crippen LogP contribution >= 0.6 is 11.8 Å². The number of pyridine rings is 1. The normalized spacial score (nSPS) is 26.6. The molecule has 2 aromatic heterocycles. The first-order chi connectivity index (χ1) is 14.2. The molecule has 1 saturated carbocycles. The van der Waals surface area contributed by atoms with E-state index in [0.717, 1.165) is 42.0 Å². The molecule has 4 atom stereocenters. The van der Waals surface area contributed by atoms with E-state index in [0.29, 0.717) is 17.6 Å². The van der Waals surface area contributed by atoms with E-state index in [1.807, 2.05) is 47.6 Å². The number of aliphatic hydroxyl groups is 1. The molecule has 1 aromatic carbocycles. The van der Waals surface area contributed by atoms with Gasteiger partial charge in [-0.1, -0.05) is 30.0 Å². The summed E-state index contributed by atoms with van der Waals surface area (Å²) >= 11 is 1.49. The van der Waals surface area contributed by atoms with Crippen molar-refractivity contribution in [1.29, 1.82) is 0 Å². The van der Waals surface area contributed by atoms with Gasteiger partial charge < -0.3 is 14.6 Å². The number of hydrogen-bond donors (Lipinski definition) is 1. The van der Waals surface area contributed by atoms with Gasteiger partial charge in [0.25, 0.3) is 0 Å². The van der Waals surface area contributed by atoms with Crippen LogP contribution in [0.3, 0.4) is 0 Å². The molecule has 3 aromatic rings. The summed E-state index contributed by atoms with van der Waals surface area (Å²) in [5.74, 6) is 1.37. The van der Waals surface area contributed by atoms with Gasteiger partial charge in [-0.3, -0.25) is 4.79 Å². The summed E-state index contributed by atoms with van der Waals surface area (Å²) in [6.45, 7) is 1.53. The summed E-state index contributed by atoms with van der Waals surface area (Å²) in [6.07, 6.45) is 4.80. The zero-order valence-corrected chi connectivity index (χ0v) is 16.9. The number of fused-ring (bicyclic) bond motifs is 2. The summed E-state index contributed by atoms with van der Waals surface area (Å²) in [4.78, 5) is 23.5. The van der Waals surface area contributed by atoms with Gasteiger partial charge in [0.15, 0.2) is 0 Å². The molecule has 29 heavy (non-hydrogen) atoms. The maximum Gasteiger partial charge on any atom is 0.233 e. The number of likely N-dealkylation sites (tertiary alicyclic amines) is 1. The van der Waals surface area contributed by atoms with Crippen molar-refractivity contribution < 1.29 is 9.90 Å². The minimum absolute atomic E-state index is 0.0154. The number of carbonyl (C=O) groups is 1. The Balaban J connectivity index is 1.26.